The quantitative estimate of drug-likeness (QED) is 0.715. The maximum absolute atomic E-state index is 12.2. The Morgan fingerprint density at radius 1 is 1.38 bits per heavy atom. The van der Waals surface area contributed by atoms with E-state index in [0.717, 1.165) is 29.3 Å². The second-order valence-electron chi connectivity index (χ2n) is 3.47. The number of aryl methyl sites for hydroxylation is 2. The lowest BCUT2D eigenvalue weighted by Crippen LogP contribution is -2.05. The van der Waals surface area contributed by atoms with Crippen molar-refractivity contribution in [2.75, 3.05) is 5.33 Å². The summed E-state index contributed by atoms with van der Waals surface area (Å²) in [6, 6.07) is 5.55. The number of alkyl halides is 3. The molecule has 0 saturated carbocycles. The molecule has 0 aliphatic rings. The van der Waals surface area contributed by atoms with Crippen molar-refractivity contribution in [3.05, 3.63) is 29.3 Å². The van der Waals surface area contributed by atoms with Crippen molar-refractivity contribution in [1.29, 1.82) is 0 Å². The Kier molecular flexibility index (Phi) is 5.74. The highest BCUT2D eigenvalue weighted by Gasteiger charge is 2.09. The monoisotopic (exact) mass is 292 g/mol. The highest BCUT2D eigenvalue weighted by Crippen LogP contribution is 2.23. The van der Waals surface area contributed by atoms with Crippen LogP contribution in [0.2, 0.25) is 0 Å². The first-order valence-electron chi connectivity index (χ1n) is 5.30. The fraction of sp³-hybridized carbons (Fsp3) is 0.500. The molecule has 16 heavy (non-hydrogen) atoms. The predicted molar refractivity (Wildman–Crippen MR) is 64.6 cm³/mol. The van der Waals surface area contributed by atoms with E-state index in [2.05, 4.69) is 20.7 Å². The number of rotatable bonds is 6. The Bertz CT molecular complexity index is 329. The van der Waals surface area contributed by atoms with Crippen LogP contribution in [0.15, 0.2) is 18.2 Å². The second kappa shape index (κ2) is 6.84. The van der Waals surface area contributed by atoms with Crippen LogP contribution in [-0.4, -0.2) is 11.9 Å². The van der Waals surface area contributed by atoms with Gasteiger partial charge in [-0.25, -0.2) is 0 Å². The van der Waals surface area contributed by atoms with E-state index in [1.165, 1.54) is 0 Å². The van der Waals surface area contributed by atoms with E-state index in [9.17, 15) is 8.78 Å². The molecule has 0 N–H and O–H groups in total. The predicted octanol–water partition coefficient (Wildman–Crippen LogP) is 4.18. The molecule has 0 unspecified atom stereocenters. The highest BCUT2D eigenvalue weighted by molar-refractivity contribution is 9.09. The van der Waals surface area contributed by atoms with E-state index in [0.29, 0.717) is 12.2 Å². The zero-order chi connectivity index (χ0) is 12.0. The molecule has 0 radical (unpaired) electrons. The van der Waals surface area contributed by atoms with Crippen LogP contribution in [0.4, 0.5) is 8.78 Å². The Balaban J connectivity index is 2.83. The molecule has 4 heteroatoms. The minimum absolute atomic E-state index is 0.310. The Morgan fingerprint density at radius 3 is 2.69 bits per heavy atom. The molecular formula is C12H15BrF2O. The van der Waals surface area contributed by atoms with Gasteiger partial charge in [0.2, 0.25) is 0 Å². The zero-order valence-electron chi connectivity index (χ0n) is 9.18. The van der Waals surface area contributed by atoms with Crippen molar-refractivity contribution < 1.29 is 13.5 Å². The summed E-state index contributed by atoms with van der Waals surface area (Å²) >= 11 is 3.34. The minimum atomic E-state index is -2.75. The Labute approximate surface area is 103 Å². The summed E-state index contributed by atoms with van der Waals surface area (Å²) in [6.07, 6.45) is 2.55. The number of hydrogen-bond acceptors (Lipinski definition) is 1. The maximum Gasteiger partial charge on any atom is 0.387 e. The summed E-state index contributed by atoms with van der Waals surface area (Å²) in [4.78, 5) is 0. The van der Waals surface area contributed by atoms with Gasteiger partial charge in [0.15, 0.2) is 0 Å². The molecule has 1 rings (SSSR count). The van der Waals surface area contributed by atoms with E-state index in [1.807, 2.05) is 19.1 Å². The standard InChI is InChI=1S/C12H15BrF2O/c1-2-10-6-5-9(4-3-7-13)8-11(10)16-12(14)15/h5-6,8,12H,2-4,7H2,1H3. The molecule has 1 aromatic rings. The van der Waals surface area contributed by atoms with Crippen molar-refractivity contribution >= 4 is 15.9 Å². The fourth-order valence-electron chi connectivity index (χ4n) is 1.52. The first kappa shape index (κ1) is 13.4. The van der Waals surface area contributed by atoms with Crippen molar-refractivity contribution in [2.24, 2.45) is 0 Å². The van der Waals surface area contributed by atoms with Crippen LogP contribution in [0.25, 0.3) is 0 Å². The lowest BCUT2D eigenvalue weighted by Gasteiger charge is -2.11. The van der Waals surface area contributed by atoms with Gasteiger partial charge in [-0.1, -0.05) is 35.0 Å². The van der Waals surface area contributed by atoms with Crippen molar-refractivity contribution in [3.63, 3.8) is 0 Å². The summed E-state index contributed by atoms with van der Waals surface area (Å²) in [6.45, 7) is -0.831. The molecular weight excluding hydrogens is 278 g/mol. The number of hydrogen-bond donors (Lipinski definition) is 0. The Hall–Kier alpha value is -0.640. The smallest absolute Gasteiger partial charge is 0.387 e. The second-order valence-corrected chi connectivity index (χ2v) is 4.26. The van der Waals surface area contributed by atoms with Gasteiger partial charge in [0.05, 0.1) is 0 Å². The molecule has 0 amide bonds. The molecule has 0 spiro atoms. The molecule has 0 atom stereocenters. The number of benzene rings is 1. The lowest BCUT2D eigenvalue weighted by molar-refractivity contribution is -0.0504. The molecule has 0 heterocycles. The van der Waals surface area contributed by atoms with Gasteiger partial charge in [0.1, 0.15) is 5.75 Å². The van der Waals surface area contributed by atoms with Crippen LogP contribution >= 0.6 is 15.9 Å². The first-order chi connectivity index (χ1) is 7.67. The number of ether oxygens (including phenoxy) is 1. The topological polar surface area (TPSA) is 9.23 Å². The van der Waals surface area contributed by atoms with E-state index in [4.69, 9.17) is 0 Å². The van der Waals surface area contributed by atoms with E-state index in [-0.39, 0.29) is 0 Å². The van der Waals surface area contributed by atoms with Gasteiger partial charge in [0.25, 0.3) is 0 Å². The van der Waals surface area contributed by atoms with E-state index >= 15 is 0 Å². The molecule has 0 fully saturated rings. The van der Waals surface area contributed by atoms with Crippen molar-refractivity contribution in [1.82, 2.24) is 0 Å². The molecule has 0 aromatic heterocycles. The van der Waals surface area contributed by atoms with Crippen LogP contribution in [0, 0.1) is 0 Å². The van der Waals surface area contributed by atoms with Crippen LogP contribution in [0.1, 0.15) is 24.5 Å². The van der Waals surface area contributed by atoms with Gasteiger partial charge < -0.3 is 4.74 Å². The third kappa shape index (κ3) is 4.08. The molecule has 1 nitrogen and oxygen atoms in total. The van der Waals surface area contributed by atoms with Gasteiger partial charge in [-0.15, -0.1) is 0 Å². The zero-order valence-corrected chi connectivity index (χ0v) is 10.8. The summed E-state index contributed by atoms with van der Waals surface area (Å²) in [7, 11) is 0. The SMILES string of the molecule is CCc1ccc(CCCBr)cc1OC(F)F. The fourth-order valence-corrected chi connectivity index (χ4v) is 1.80. The van der Waals surface area contributed by atoms with Crippen LogP contribution in [0.3, 0.4) is 0 Å². The molecule has 0 bridgehead atoms. The van der Waals surface area contributed by atoms with Crippen LogP contribution in [0.5, 0.6) is 5.75 Å². The molecule has 0 aliphatic heterocycles. The van der Waals surface area contributed by atoms with Gasteiger partial charge in [0, 0.05) is 5.33 Å². The van der Waals surface area contributed by atoms with Crippen molar-refractivity contribution in [3.8, 4) is 5.75 Å². The average molecular weight is 293 g/mol. The molecule has 0 saturated heterocycles. The normalized spacial score (nSPS) is 10.8. The van der Waals surface area contributed by atoms with Crippen molar-refractivity contribution in [2.45, 2.75) is 32.8 Å². The van der Waals surface area contributed by atoms with Crippen LogP contribution < -0.4 is 4.74 Å². The van der Waals surface area contributed by atoms with E-state index < -0.39 is 6.61 Å². The average Bonchev–Trinajstić information content (AvgIpc) is 2.26. The molecule has 0 aliphatic carbocycles. The largest absolute Gasteiger partial charge is 0.435 e. The molecule has 90 valence electrons. The van der Waals surface area contributed by atoms with Gasteiger partial charge in [-0.2, -0.15) is 8.78 Å². The minimum Gasteiger partial charge on any atom is -0.435 e. The van der Waals surface area contributed by atoms with Crippen LogP contribution in [-0.2, 0) is 12.8 Å². The summed E-state index contributed by atoms with van der Waals surface area (Å²) in [5.74, 6) is 0.310. The summed E-state index contributed by atoms with van der Waals surface area (Å²) < 4.78 is 28.9. The first-order valence-corrected chi connectivity index (χ1v) is 6.42. The lowest BCUT2D eigenvalue weighted by atomic mass is 10.1. The third-order valence-electron chi connectivity index (χ3n) is 2.33. The van der Waals surface area contributed by atoms with Gasteiger partial charge in [-0.05, 0) is 36.5 Å². The van der Waals surface area contributed by atoms with Gasteiger partial charge in [-0.3, -0.25) is 0 Å². The number of halogens is 3. The Morgan fingerprint density at radius 2 is 2.12 bits per heavy atom. The molecule has 1 aromatic carbocycles. The summed E-state index contributed by atoms with van der Waals surface area (Å²) in [5.41, 5.74) is 1.86. The highest BCUT2D eigenvalue weighted by atomic mass is 79.9. The summed E-state index contributed by atoms with van der Waals surface area (Å²) in [5, 5.41) is 0.910. The van der Waals surface area contributed by atoms with E-state index in [1.54, 1.807) is 6.07 Å². The third-order valence-corrected chi connectivity index (χ3v) is 2.89. The van der Waals surface area contributed by atoms with Gasteiger partial charge >= 0.3 is 6.61 Å². The maximum atomic E-state index is 12.2.